The molecule has 0 saturated carbocycles. The van der Waals surface area contributed by atoms with Crippen molar-refractivity contribution >= 4 is 47.3 Å². The summed E-state index contributed by atoms with van der Waals surface area (Å²) in [6, 6.07) is -4.96. The van der Waals surface area contributed by atoms with Crippen LogP contribution >= 0.6 is 11.8 Å². The number of aliphatic imine (C=N–C) groups is 1. The van der Waals surface area contributed by atoms with Crippen LogP contribution in [0.15, 0.2) is 4.99 Å². The maximum absolute atomic E-state index is 12.8. The van der Waals surface area contributed by atoms with E-state index in [-0.39, 0.29) is 44.6 Å². The summed E-state index contributed by atoms with van der Waals surface area (Å²) in [5.74, 6) is -4.02. The number of amides is 4. The van der Waals surface area contributed by atoms with Crippen LogP contribution in [-0.4, -0.2) is 95.1 Å². The molecule has 0 aromatic rings. The molecule has 4 atom stereocenters. The summed E-state index contributed by atoms with van der Waals surface area (Å²) in [5, 5.41) is 26.0. The SMILES string of the molecule is CSCCC(NC(=O)C(CO)NC(=O)C(N)CCC(N)=O)C(=O)NC(CCCN=C(N)N)C(=O)O. The summed E-state index contributed by atoms with van der Waals surface area (Å²) >= 11 is 1.40. The Morgan fingerprint density at radius 1 is 0.886 bits per heavy atom. The Balaban J connectivity index is 5.18. The molecule has 35 heavy (non-hydrogen) atoms. The number of aliphatic hydroxyl groups is 1. The number of carbonyl (C=O) groups is 5. The highest BCUT2D eigenvalue weighted by atomic mass is 32.2. The molecule has 15 nitrogen and oxygen atoms in total. The van der Waals surface area contributed by atoms with E-state index in [4.69, 9.17) is 22.9 Å². The van der Waals surface area contributed by atoms with E-state index in [1.807, 2.05) is 0 Å². The van der Waals surface area contributed by atoms with Crippen LogP contribution in [0.1, 0.15) is 32.1 Å². The summed E-state index contributed by atoms with van der Waals surface area (Å²) in [6.45, 7) is -0.617. The van der Waals surface area contributed by atoms with E-state index in [0.717, 1.165) is 0 Å². The zero-order valence-corrected chi connectivity index (χ0v) is 20.4. The molecule has 0 spiro atoms. The number of carboxylic acids is 1. The van der Waals surface area contributed by atoms with Crippen molar-refractivity contribution in [1.29, 1.82) is 0 Å². The van der Waals surface area contributed by atoms with E-state index < -0.39 is 60.4 Å². The molecule has 0 aliphatic rings. The van der Waals surface area contributed by atoms with Crippen LogP contribution in [0.25, 0.3) is 0 Å². The minimum Gasteiger partial charge on any atom is -0.480 e. The summed E-state index contributed by atoms with van der Waals surface area (Å²) < 4.78 is 0. The molecule has 16 heteroatoms. The lowest BCUT2D eigenvalue weighted by Gasteiger charge is -2.24. The number of nitrogens with two attached hydrogens (primary N) is 4. The average molecular weight is 521 g/mol. The van der Waals surface area contributed by atoms with Crippen molar-refractivity contribution in [3.05, 3.63) is 0 Å². The number of primary amides is 1. The second kappa shape index (κ2) is 17.3. The Bertz CT molecular complexity index is 763. The molecule has 0 aromatic heterocycles. The number of rotatable bonds is 18. The molecular formula is C19H36N8O7S. The molecule has 0 rings (SSSR count). The number of hydrogen-bond acceptors (Lipinski definition) is 9. The van der Waals surface area contributed by atoms with Gasteiger partial charge in [0.15, 0.2) is 5.96 Å². The smallest absolute Gasteiger partial charge is 0.326 e. The normalized spacial score (nSPS) is 14.0. The van der Waals surface area contributed by atoms with Crippen molar-refractivity contribution in [1.82, 2.24) is 16.0 Å². The lowest BCUT2D eigenvalue weighted by molar-refractivity contribution is -0.142. The second-order valence-electron chi connectivity index (χ2n) is 7.55. The molecule has 0 aliphatic carbocycles. The van der Waals surface area contributed by atoms with Crippen LogP contribution in [0.4, 0.5) is 0 Å². The summed E-state index contributed by atoms with van der Waals surface area (Å²) in [6.07, 6.45) is 2.07. The number of thioether (sulfide) groups is 1. The Morgan fingerprint density at radius 3 is 1.97 bits per heavy atom. The zero-order chi connectivity index (χ0) is 27.0. The van der Waals surface area contributed by atoms with Crippen LogP contribution in [0.5, 0.6) is 0 Å². The van der Waals surface area contributed by atoms with Gasteiger partial charge in [0.1, 0.15) is 18.1 Å². The van der Waals surface area contributed by atoms with Crippen LogP contribution < -0.4 is 38.9 Å². The Labute approximate surface area is 207 Å². The average Bonchev–Trinajstić information content (AvgIpc) is 2.79. The summed E-state index contributed by atoms with van der Waals surface area (Å²) in [5.41, 5.74) is 21.1. The zero-order valence-electron chi connectivity index (χ0n) is 19.6. The lowest BCUT2D eigenvalue weighted by Crippen LogP contribution is -2.58. The van der Waals surface area contributed by atoms with Crippen molar-refractivity contribution in [2.45, 2.75) is 56.3 Å². The predicted molar refractivity (Wildman–Crippen MR) is 130 cm³/mol. The largest absolute Gasteiger partial charge is 0.480 e. The van der Waals surface area contributed by atoms with E-state index in [2.05, 4.69) is 20.9 Å². The van der Waals surface area contributed by atoms with Gasteiger partial charge < -0.3 is 49.1 Å². The van der Waals surface area contributed by atoms with Gasteiger partial charge in [0.05, 0.1) is 12.6 Å². The molecule has 200 valence electrons. The van der Waals surface area contributed by atoms with Crippen LogP contribution in [-0.2, 0) is 24.0 Å². The van der Waals surface area contributed by atoms with Crippen LogP contribution in [0.2, 0.25) is 0 Å². The van der Waals surface area contributed by atoms with Gasteiger partial charge in [0.25, 0.3) is 0 Å². The Hall–Kier alpha value is -3.11. The van der Waals surface area contributed by atoms with Gasteiger partial charge in [-0.1, -0.05) is 0 Å². The van der Waals surface area contributed by atoms with Gasteiger partial charge in [-0.3, -0.25) is 24.2 Å². The number of carboxylic acid groups (broad SMARTS) is 1. The third-order valence-corrected chi connectivity index (χ3v) is 5.30. The molecule has 0 bridgehead atoms. The standard InChI is InChI=1S/C19H36N8O7S/c1-35-8-6-11(16(31)26-12(18(33)34)3-2-7-24-19(22)23)25-17(32)13(9-28)27-15(30)10(20)4-5-14(21)29/h10-13,28H,2-9,20H2,1H3,(H2,21,29)(H,25,32)(H,26,31)(H,27,30)(H,33,34)(H4,22,23,24). The fourth-order valence-corrected chi connectivity index (χ4v) is 3.18. The van der Waals surface area contributed by atoms with Crippen molar-refractivity contribution in [2.75, 3.05) is 25.2 Å². The summed E-state index contributed by atoms with van der Waals surface area (Å²) in [4.78, 5) is 63.7. The van der Waals surface area contributed by atoms with Crippen molar-refractivity contribution in [3.8, 4) is 0 Å². The molecule has 0 saturated heterocycles. The Kier molecular flexibility index (Phi) is 15.8. The molecule has 0 fully saturated rings. The minimum absolute atomic E-state index is 0.0412. The van der Waals surface area contributed by atoms with Crippen LogP contribution in [0, 0.1) is 0 Å². The first-order valence-electron chi connectivity index (χ1n) is 10.8. The Morgan fingerprint density at radius 2 is 1.46 bits per heavy atom. The predicted octanol–water partition coefficient (Wildman–Crippen LogP) is -4.08. The second-order valence-corrected chi connectivity index (χ2v) is 8.53. The van der Waals surface area contributed by atoms with Gasteiger partial charge in [-0.25, -0.2) is 4.79 Å². The molecule has 4 unspecified atom stereocenters. The molecule has 4 amide bonds. The van der Waals surface area contributed by atoms with Gasteiger partial charge >= 0.3 is 5.97 Å². The monoisotopic (exact) mass is 520 g/mol. The van der Waals surface area contributed by atoms with Gasteiger partial charge in [0, 0.05) is 13.0 Å². The maximum Gasteiger partial charge on any atom is 0.326 e. The molecule has 13 N–H and O–H groups in total. The van der Waals surface area contributed by atoms with Crippen LogP contribution in [0.3, 0.4) is 0 Å². The molecule has 0 aromatic carbocycles. The fourth-order valence-electron chi connectivity index (χ4n) is 2.71. The van der Waals surface area contributed by atoms with Crippen molar-refractivity contribution in [2.24, 2.45) is 27.9 Å². The first-order valence-corrected chi connectivity index (χ1v) is 12.1. The fraction of sp³-hybridized carbons (Fsp3) is 0.684. The van der Waals surface area contributed by atoms with E-state index >= 15 is 0 Å². The quantitative estimate of drug-likeness (QED) is 0.0475. The van der Waals surface area contributed by atoms with Gasteiger partial charge in [-0.05, 0) is 37.7 Å². The van der Waals surface area contributed by atoms with Gasteiger partial charge in [0.2, 0.25) is 23.6 Å². The molecule has 0 heterocycles. The van der Waals surface area contributed by atoms with E-state index in [1.165, 1.54) is 11.8 Å². The minimum atomic E-state index is -1.43. The molecule has 0 aliphatic heterocycles. The number of carbonyl (C=O) groups excluding carboxylic acids is 4. The number of aliphatic carboxylic acids is 1. The summed E-state index contributed by atoms with van der Waals surface area (Å²) in [7, 11) is 0. The highest BCUT2D eigenvalue weighted by Crippen LogP contribution is 2.05. The van der Waals surface area contributed by atoms with Crippen molar-refractivity contribution in [3.63, 3.8) is 0 Å². The number of aliphatic hydroxyl groups excluding tert-OH is 1. The molecular weight excluding hydrogens is 484 g/mol. The van der Waals surface area contributed by atoms with Gasteiger partial charge in [-0.15, -0.1) is 0 Å². The van der Waals surface area contributed by atoms with E-state index in [9.17, 15) is 34.2 Å². The number of hydrogen-bond donors (Lipinski definition) is 9. The van der Waals surface area contributed by atoms with Crippen molar-refractivity contribution < 1.29 is 34.2 Å². The third kappa shape index (κ3) is 14.0. The number of guanidine groups is 1. The third-order valence-electron chi connectivity index (χ3n) is 4.66. The highest BCUT2D eigenvalue weighted by molar-refractivity contribution is 7.98. The van der Waals surface area contributed by atoms with E-state index in [1.54, 1.807) is 6.26 Å². The first kappa shape index (κ1) is 31.9. The first-order chi connectivity index (χ1) is 16.4. The number of nitrogens with one attached hydrogen (secondary N) is 3. The number of nitrogens with zero attached hydrogens (tertiary/aromatic N) is 1. The maximum atomic E-state index is 12.8. The highest BCUT2D eigenvalue weighted by Gasteiger charge is 2.29. The molecule has 0 radical (unpaired) electrons. The van der Waals surface area contributed by atoms with E-state index in [0.29, 0.717) is 5.75 Å². The topological polar surface area (TPSA) is 278 Å². The van der Waals surface area contributed by atoms with Gasteiger partial charge in [-0.2, -0.15) is 11.8 Å². The lowest BCUT2D eigenvalue weighted by atomic mass is 10.1.